The highest BCUT2D eigenvalue weighted by Gasteiger charge is 2.10. The first kappa shape index (κ1) is 12.2. The number of nitrogens with zero attached hydrogens (tertiary/aromatic N) is 4. The molecule has 2 aromatic heterocycles. The predicted molar refractivity (Wildman–Crippen MR) is 59.4 cm³/mol. The van der Waals surface area contributed by atoms with Crippen molar-refractivity contribution in [2.45, 2.75) is 12.8 Å². The average molecular weight is 259 g/mol. The van der Waals surface area contributed by atoms with E-state index in [2.05, 4.69) is 15.0 Å². The molecular formula is C9H11ClN4O3. The van der Waals surface area contributed by atoms with Gasteiger partial charge in [0, 0.05) is 0 Å². The molecule has 0 aliphatic carbocycles. The summed E-state index contributed by atoms with van der Waals surface area (Å²) in [5.41, 5.74) is 1.03. The van der Waals surface area contributed by atoms with E-state index in [0.29, 0.717) is 11.2 Å². The van der Waals surface area contributed by atoms with Crippen molar-refractivity contribution in [1.29, 1.82) is 0 Å². The Hall–Kier alpha value is -1.28. The van der Waals surface area contributed by atoms with Crippen molar-refractivity contribution in [1.82, 2.24) is 19.5 Å². The molecule has 0 atom stereocenters. The van der Waals surface area contributed by atoms with Gasteiger partial charge in [0.1, 0.15) is 24.7 Å². The van der Waals surface area contributed by atoms with Gasteiger partial charge in [-0.05, 0) is 0 Å². The van der Waals surface area contributed by atoms with Gasteiger partial charge in [0.25, 0.3) is 0 Å². The molecule has 0 unspecified atom stereocenters. The monoisotopic (exact) mass is 258 g/mol. The van der Waals surface area contributed by atoms with Crippen molar-refractivity contribution in [2.24, 2.45) is 0 Å². The van der Waals surface area contributed by atoms with Crippen molar-refractivity contribution in [3.8, 4) is 0 Å². The number of aliphatic hydroxyl groups excluding tert-OH is 2. The van der Waals surface area contributed by atoms with E-state index < -0.39 is 6.10 Å². The van der Waals surface area contributed by atoms with E-state index in [1.807, 2.05) is 0 Å². The Labute approximate surface area is 102 Å². The molecule has 7 nitrogen and oxygen atoms in total. The fraction of sp³-hybridized carbons (Fsp3) is 0.444. The van der Waals surface area contributed by atoms with Gasteiger partial charge in [-0.1, -0.05) is 11.6 Å². The second-order valence-electron chi connectivity index (χ2n) is 3.33. The van der Waals surface area contributed by atoms with Crippen molar-refractivity contribution in [2.75, 3.05) is 13.2 Å². The molecule has 17 heavy (non-hydrogen) atoms. The van der Waals surface area contributed by atoms with E-state index >= 15 is 0 Å². The summed E-state index contributed by atoms with van der Waals surface area (Å²) >= 11 is 5.84. The number of fused-ring (bicyclic) bond motifs is 1. The number of aromatic nitrogens is 4. The van der Waals surface area contributed by atoms with E-state index in [-0.39, 0.29) is 25.1 Å². The Kier molecular flexibility index (Phi) is 3.85. The summed E-state index contributed by atoms with van der Waals surface area (Å²) in [4.78, 5) is 11.9. The minimum Gasteiger partial charge on any atom is -0.394 e. The lowest BCUT2D eigenvalue weighted by molar-refractivity contribution is -0.0488. The van der Waals surface area contributed by atoms with Crippen LogP contribution in [0.4, 0.5) is 0 Å². The van der Waals surface area contributed by atoms with Gasteiger partial charge >= 0.3 is 0 Å². The summed E-state index contributed by atoms with van der Waals surface area (Å²) in [6.07, 6.45) is 2.22. The Balaban J connectivity index is 2.17. The molecule has 8 heteroatoms. The zero-order chi connectivity index (χ0) is 12.3. The van der Waals surface area contributed by atoms with E-state index in [1.165, 1.54) is 12.7 Å². The van der Waals surface area contributed by atoms with Crippen molar-refractivity contribution >= 4 is 22.8 Å². The molecule has 0 aliphatic rings. The highest BCUT2D eigenvalue weighted by molar-refractivity contribution is 6.33. The maximum Gasteiger partial charge on any atom is 0.166 e. The van der Waals surface area contributed by atoms with Crippen LogP contribution < -0.4 is 0 Å². The minimum absolute atomic E-state index is 0.121. The molecule has 0 saturated heterocycles. The van der Waals surface area contributed by atoms with Crippen LogP contribution in [0.15, 0.2) is 12.7 Å². The number of rotatable bonds is 5. The molecule has 2 heterocycles. The van der Waals surface area contributed by atoms with Gasteiger partial charge < -0.3 is 14.9 Å². The largest absolute Gasteiger partial charge is 0.394 e. The number of imidazole rings is 1. The molecule has 92 valence electrons. The Morgan fingerprint density at radius 2 is 2.06 bits per heavy atom. The first-order chi connectivity index (χ1) is 8.26. The molecule has 0 saturated carbocycles. The van der Waals surface area contributed by atoms with Gasteiger partial charge in [-0.25, -0.2) is 15.0 Å². The van der Waals surface area contributed by atoms with E-state index in [9.17, 15) is 0 Å². The fourth-order valence-corrected chi connectivity index (χ4v) is 1.47. The van der Waals surface area contributed by atoms with Gasteiger partial charge in [-0.3, -0.25) is 4.57 Å². The van der Waals surface area contributed by atoms with Gasteiger partial charge in [0.15, 0.2) is 10.8 Å². The van der Waals surface area contributed by atoms with Crippen LogP contribution in [0.3, 0.4) is 0 Å². The van der Waals surface area contributed by atoms with Gasteiger partial charge in [-0.15, -0.1) is 0 Å². The number of ether oxygens (including phenoxy) is 1. The molecular weight excluding hydrogens is 248 g/mol. The number of aliphatic hydroxyl groups is 2. The Morgan fingerprint density at radius 3 is 2.76 bits per heavy atom. The summed E-state index contributed by atoms with van der Waals surface area (Å²) in [5.74, 6) is 0. The third kappa shape index (κ3) is 2.52. The molecule has 0 amide bonds. The van der Waals surface area contributed by atoms with Crippen molar-refractivity contribution < 1.29 is 14.9 Å². The Morgan fingerprint density at radius 1 is 1.29 bits per heavy atom. The van der Waals surface area contributed by atoms with Crippen LogP contribution in [0.5, 0.6) is 0 Å². The highest BCUT2D eigenvalue weighted by atomic mass is 35.5. The quantitative estimate of drug-likeness (QED) is 0.722. The molecule has 2 aromatic rings. The van der Waals surface area contributed by atoms with Crippen LogP contribution in [0.1, 0.15) is 0 Å². The topological polar surface area (TPSA) is 93.3 Å². The van der Waals surface area contributed by atoms with Crippen molar-refractivity contribution in [3.63, 3.8) is 0 Å². The summed E-state index contributed by atoms with van der Waals surface area (Å²) in [5, 5.41) is 18.0. The van der Waals surface area contributed by atoms with Gasteiger partial charge in [0.2, 0.25) is 0 Å². The maximum atomic E-state index is 8.86. The lowest BCUT2D eigenvalue weighted by atomic mass is 10.4. The molecule has 2 N–H and O–H groups in total. The molecule has 0 radical (unpaired) electrons. The van der Waals surface area contributed by atoms with Crippen LogP contribution in [0.2, 0.25) is 5.15 Å². The average Bonchev–Trinajstić information content (AvgIpc) is 2.75. The van der Waals surface area contributed by atoms with Crippen LogP contribution in [-0.4, -0.2) is 49.0 Å². The lowest BCUT2D eigenvalue weighted by Gasteiger charge is -2.12. The summed E-state index contributed by atoms with van der Waals surface area (Å²) in [6, 6.07) is 0. The zero-order valence-electron chi connectivity index (χ0n) is 8.82. The standard InChI is InChI=1S/C9H11ClN4O3/c10-8-7-9(12-3-11-8)14(4-13-7)5-17-6(1-15)2-16/h3-4,6,15-16H,1-2,5H2. The number of hydrogen-bond acceptors (Lipinski definition) is 6. The summed E-state index contributed by atoms with van der Waals surface area (Å²) in [7, 11) is 0. The Bertz CT molecular complexity index is 500. The molecule has 0 bridgehead atoms. The van der Waals surface area contributed by atoms with Gasteiger partial charge in [0.05, 0.1) is 19.5 Å². The van der Waals surface area contributed by atoms with Crippen LogP contribution in [-0.2, 0) is 11.5 Å². The van der Waals surface area contributed by atoms with Gasteiger partial charge in [-0.2, -0.15) is 0 Å². The number of hydrogen-bond donors (Lipinski definition) is 2. The van der Waals surface area contributed by atoms with Crippen molar-refractivity contribution in [3.05, 3.63) is 17.8 Å². The highest BCUT2D eigenvalue weighted by Crippen LogP contribution is 2.16. The molecule has 0 fully saturated rings. The SMILES string of the molecule is OCC(CO)OCn1cnc2c(Cl)ncnc21. The van der Waals surface area contributed by atoms with Crippen LogP contribution >= 0.6 is 11.6 Å². The second-order valence-corrected chi connectivity index (χ2v) is 3.69. The number of halogens is 1. The zero-order valence-corrected chi connectivity index (χ0v) is 9.58. The van der Waals surface area contributed by atoms with E-state index in [1.54, 1.807) is 4.57 Å². The summed E-state index contributed by atoms with van der Waals surface area (Å²) < 4.78 is 6.86. The molecule has 0 aliphatic heterocycles. The maximum absolute atomic E-state index is 8.86. The fourth-order valence-electron chi connectivity index (χ4n) is 1.30. The third-order valence-corrected chi connectivity index (χ3v) is 2.49. The van der Waals surface area contributed by atoms with E-state index in [0.717, 1.165) is 0 Å². The van der Waals surface area contributed by atoms with Crippen LogP contribution in [0, 0.1) is 0 Å². The first-order valence-corrected chi connectivity index (χ1v) is 5.28. The summed E-state index contributed by atoms with van der Waals surface area (Å²) in [6.45, 7) is -0.382. The molecule has 0 spiro atoms. The van der Waals surface area contributed by atoms with Crippen LogP contribution in [0.25, 0.3) is 11.2 Å². The minimum atomic E-state index is -0.621. The molecule has 0 aromatic carbocycles. The first-order valence-electron chi connectivity index (χ1n) is 4.91. The smallest absolute Gasteiger partial charge is 0.166 e. The lowest BCUT2D eigenvalue weighted by Crippen LogP contribution is -2.23. The normalized spacial score (nSPS) is 11.5. The second kappa shape index (κ2) is 5.37. The molecule has 2 rings (SSSR count). The third-order valence-electron chi connectivity index (χ3n) is 2.21. The predicted octanol–water partition coefficient (Wildman–Crippen LogP) is -0.193. The van der Waals surface area contributed by atoms with E-state index in [4.69, 9.17) is 26.6 Å².